The first-order chi connectivity index (χ1) is 8.13. The summed E-state index contributed by atoms with van der Waals surface area (Å²) in [5.74, 6) is 0.271. The van der Waals surface area contributed by atoms with E-state index in [4.69, 9.17) is 17.3 Å². The second kappa shape index (κ2) is 5.11. The van der Waals surface area contributed by atoms with E-state index in [0.29, 0.717) is 21.7 Å². The van der Waals surface area contributed by atoms with Crippen molar-refractivity contribution in [3.8, 4) is 0 Å². The first-order valence-electron chi connectivity index (χ1n) is 4.75. The number of rotatable bonds is 3. The molecule has 0 aromatic carbocycles. The maximum atomic E-state index is 11.6. The molecule has 0 atom stereocenters. The van der Waals surface area contributed by atoms with Crippen LogP contribution in [0.4, 0.5) is 10.9 Å². The summed E-state index contributed by atoms with van der Waals surface area (Å²) in [6, 6.07) is 3.29. The van der Waals surface area contributed by atoms with Crippen molar-refractivity contribution in [3.05, 3.63) is 34.4 Å². The Morgan fingerprint density at radius 3 is 2.94 bits per heavy atom. The van der Waals surface area contributed by atoms with E-state index in [-0.39, 0.29) is 12.3 Å². The summed E-state index contributed by atoms with van der Waals surface area (Å²) in [7, 11) is 0. The van der Waals surface area contributed by atoms with Crippen LogP contribution in [0, 0.1) is 0 Å². The Morgan fingerprint density at radius 1 is 1.53 bits per heavy atom. The van der Waals surface area contributed by atoms with Crippen LogP contribution in [-0.4, -0.2) is 15.9 Å². The van der Waals surface area contributed by atoms with Crippen molar-refractivity contribution in [1.29, 1.82) is 0 Å². The predicted molar refractivity (Wildman–Crippen MR) is 68.1 cm³/mol. The lowest BCUT2D eigenvalue weighted by atomic mass is 10.3. The van der Waals surface area contributed by atoms with Gasteiger partial charge >= 0.3 is 0 Å². The molecule has 0 radical (unpaired) electrons. The minimum atomic E-state index is -0.190. The number of nitrogen functional groups attached to an aromatic ring is 1. The summed E-state index contributed by atoms with van der Waals surface area (Å²) in [6.07, 6.45) is 1.65. The number of anilines is 2. The molecule has 0 aliphatic heterocycles. The molecule has 0 saturated carbocycles. The molecule has 0 bridgehead atoms. The van der Waals surface area contributed by atoms with Crippen LogP contribution in [-0.2, 0) is 11.2 Å². The monoisotopic (exact) mass is 268 g/mol. The Bertz CT molecular complexity index is 525. The topological polar surface area (TPSA) is 80.9 Å². The van der Waals surface area contributed by atoms with Crippen LogP contribution >= 0.6 is 22.9 Å². The molecule has 5 nitrogen and oxygen atoms in total. The Morgan fingerprint density at radius 2 is 2.35 bits per heavy atom. The van der Waals surface area contributed by atoms with Crippen molar-refractivity contribution in [3.63, 3.8) is 0 Å². The van der Waals surface area contributed by atoms with E-state index in [1.807, 2.05) is 0 Å². The zero-order valence-corrected chi connectivity index (χ0v) is 10.3. The number of halogens is 1. The zero-order valence-electron chi connectivity index (χ0n) is 8.68. The van der Waals surface area contributed by atoms with Gasteiger partial charge < -0.3 is 11.1 Å². The first-order valence-corrected chi connectivity index (χ1v) is 6.00. The molecule has 3 N–H and O–H groups in total. The Kier molecular flexibility index (Phi) is 3.55. The van der Waals surface area contributed by atoms with Gasteiger partial charge in [-0.3, -0.25) is 4.79 Å². The van der Waals surface area contributed by atoms with E-state index in [1.54, 1.807) is 17.5 Å². The van der Waals surface area contributed by atoms with E-state index in [9.17, 15) is 4.79 Å². The Labute approximate surface area is 107 Å². The number of carbonyl (C=O) groups excluding carboxylic acids is 1. The van der Waals surface area contributed by atoms with E-state index >= 15 is 0 Å². The highest BCUT2D eigenvalue weighted by atomic mass is 35.5. The second-order valence-corrected chi connectivity index (χ2v) is 4.59. The highest BCUT2D eigenvalue weighted by Crippen LogP contribution is 2.13. The van der Waals surface area contributed by atoms with Crippen molar-refractivity contribution < 1.29 is 4.79 Å². The molecule has 0 spiro atoms. The second-order valence-electron chi connectivity index (χ2n) is 3.26. The molecule has 0 fully saturated rings. The van der Waals surface area contributed by atoms with Crippen molar-refractivity contribution in [2.75, 3.05) is 11.1 Å². The first kappa shape index (κ1) is 11.8. The molecule has 2 aromatic heterocycles. The number of nitrogens with zero attached hydrogens (tertiary/aromatic N) is 2. The lowest BCUT2D eigenvalue weighted by molar-refractivity contribution is -0.115. The smallest absolute Gasteiger partial charge is 0.231 e. The van der Waals surface area contributed by atoms with E-state index in [1.165, 1.54) is 17.5 Å². The van der Waals surface area contributed by atoms with Gasteiger partial charge in [0.05, 0.1) is 17.1 Å². The molecular formula is C10H9ClN4OS. The molecule has 0 aliphatic rings. The van der Waals surface area contributed by atoms with Crippen LogP contribution in [0.1, 0.15) is 5.69 Å². The summed E-state index contributed by atoms with van der Waals surface area (Å²) >= 11 is 6.99. The third-order valence-electron chi connectivity index (χ3n) is 1.91. The van der Waals surface area contributed by atoms with Crippen molar-refractivity contribution >= 4 is 39.8 Å². The number of hydrogen-bond acceptors (Lipinski definition) is 5. The quantitative estimate of drug-likeness (QED) is 0.892. The number of nitrogens with one attached hydrogen (secondary N) is 1. The number of amides is 1. The predicted octanol–water partition coefficient (Wildman–Crippen LogP) is 1.95. The molecule has 17 heavy (non-hydrogen) atoms. The summed E-state index contributed by atoms with van der Waals surface area (Å²) in [4.78, 5) is 19.6. The zero-order chi connectivity index (χ0) is 12.3. The van der Waals surface area contributed by atoms with Gasteiger partial charge in [-0.25, -0.2) is 9.97 Å². The summed E-state index contributed by atoms with van der Waals surface area (Å²) in [5.41, 5.74) is 6.12. The number of pyridine rings is 1. The van der Waals surface area contributed by atoms with Gasteiger partial charge in [0.15, 0.2) is 5.13 Å². The van der Waals surface area contributed by atoms with Crippen molar-refractivity contribution in [1.82, 2.24) is 9.97 Å². The van der Waals surface area contributed by atoms with Crippen LogP contribution < -0.4 is 11.1 Å². The van der Waals surface area contributed by atoms with E-state index < -0.39 is 0 Å². The fraction of sp³-hybridized carbons (Fsp3) is 0.100. The molecule has 0 unspecified atom stereocenters. The fourth-order valence-corrected chi connectivity index (χ4v) is 1.88. The molecule has 88 valence electrons. The average Bonchev–Trinajstić information content (AvgIpc) is 2.67. The lowest BCUT2D eigenvalue weighted by Crippen LogP contribution is -2.15. The normalized spacial score (nSPS) is 10.2. The molecule has 1 amide bonds. The van der Waals surface area contributed by atoms with Crippen molar-refractivity contribution in [2.24, 2.45) is 0 Å². The number of nitrogens with two attached hydrogens (primary N) is 1. The van der Waals surface area contributed by atoms with E-state index in [0.717, 1.165) is 0 Å². The van der Waals surface area contributed by atoms with Crippen LogP contribution in [0.15, 0.2) is 23.7 Å². The van der Waals surface area contributed by atoms with Gasteiger partial charge in [0, 0.05) is 11.6 Å². The standard InChI is InChI=1S/C10H9ClN4OS/c11-6-1-2-8(13-4-6)15-9(16)3-7-5-17-10(12)14-7/h1-2,4-5H,3H2,(H2,12,14)(H,13,15,16). The molecule has 0 saturated heterocycles. The van der Waals surface area contributed by atoms with Gasteiger partial charge in [0.25, 0.3) is 0 Å². The number of aromatic nitrogens is 2. The van der Waals surface area contributed by atoms with Gasteiger partial charge in [-0.15, -0.1) is 11.3 Å². The third-order valence-corrected chi connectivity index (χ3v) is 2.85. The third kappa shape index (κ3) is 3.40. The maximum absolute atomic E-state index is 11.6. The van der Waals surface area contributed by atoms with Gasteiger partial charge in [0.2, 0.25) is 5.91 Å². The highest BCUT2D eigenvalue weighted by molar-refractivity contribution is 7.13. The van der Waals surface area contributed by atoms with Crippen LogP contribution in [0.3, 0.4) is 0 Å². The van der Waals surface area contributed by atoms with Gasteiger partial charge in [-0.1, -0.05) is 11.6 Å². The molecule has 2 heterocycles. The van der Waals surface area contributed by atoms with Gasteiger partial charge in [0.1, 0.15) is 5.82 Å². The maximum Gasteiger partial charge on any atom is 0.231 e. The molecule has 0 aliphatic carbocycles. The fourth-order valence-electron chi connectivity index (χ4n) is 1.21. The Balaban J connectivity index is 1.95. The van der Waals surface area contributed by atoms with Gasteiger partial charge in [-0.2, -0.15) is 0 Å². The van der Waals surface area contributed by atoms with Crippen LogP contribution in [0.2, 0.25) is 5.02 Å². The summed E-state index contributed by atoms with van der Waals surface area (Å²) < 4.78 is 0. The number of hydrogen-bond donors (Lipinski definition) is 2. The average molecular weight is 269 g/mol. The molecule has 7 heteroatoms. The Hall–Kier alpha value is -1.66. The van der Waals surface area contributed by atoms with E-state index in [2.05, 4.69) is 15.3 Å². The minimum absolute atomic E-state index is 0.179. The highest BCUT2D eigenvalue weighted by Gasteiger charge is 2.07. The molecule has 2 rings (SSSR count). The molecule has 2 aromatic rings. The van der Waals surface area contributed by atoms with Crippen LogP contribution in [0.5, 0.6) is 0 Å². The number of thiazole rings is 1. The minimum Gasteiger partial charge on any atom is -0.375 e. The lowest BCUT2D eigenvalue weighted by Gasteiger charge is -2.02. The van der Waals surface area contributed by atoms with Crippen molar-refractivity contribution in [2.45, 2.75) is 6.42 Å². The largest absolute Gasteiger partial charge is 0.375 e. The summed E-state index contributed by atoms with van der Waals surface area (Å²) in [5, 5.41) is 5.38. The SMILES string of the molecule is Nc1nc(CC(=O)Nc2ccc(Cl)cn2)cs1. The van der Waals surface area contributed by atoms with Gasteiger partial charge in [-0.05, 0) is 12.1 Å². The summed E-state index contributed by atoms with van der Waals surface area (Å²) in [6.45, 7) is 0. The molecular weight excluding hydrogens is 260 g/mol. The van der Waals surface area contributed by atoms with Crippen LogP contribution in [0.25, 0.3) is 0 Å². The number of carbonyl (C=O) groups is 1.